The van der Waals surface area contributed by atoms with Gasteiger partial charge in [-0.05, 0) is 60.7 Å². The van der Waals surface area contributed by atoms with Crippen LogP contribution in [0.3, 0.4) is 0 Å². The molecular weight excluding hydrogens is 514 g/mol. The molecule has 0 aliphatic carbocycles. The topological polar surface area (TPSA) is 72.8 Å². The van der Waals surface area contributed by atoms with Crippen LogP contribution in [0.15, 0.2) is 129 Å². The Bertz CT molecular complexity index is 1420. The molecule has 0 spiro atoms. The Morgan fingerprint density at radius 2 is 1.18 bits per heavy atom. The molecule has 0 saturated heterocycles. The third-order valence-corrected chi connectivity index (χ3v) is 7.43. The number of carbonyl (C=O) groups excluding carboxylic acids is 3. The number of thioether (sulfide) groups is 1. The quantitative estimate of drug-likeness (QED) is 0.0652. The highest BCUT2D eigenvalue weighted by Crippen LogP contribution is 2.28. The molecule has 5 nitrogen and oxygen atoms in total. The van der Waals surface area contributed by atoms with Gasteiger partial charge in [0.25, 0.3) is 0 Å². The van der Waals surface area contributed by atoms with Gasteiger partial charge in [-0.1, -0.05) is 65.4 Å². The van der Waals surface area contributed by atoms with Crippen molar-refractivity contribution in [2.24, 2.45) is 5.16 Å². The molecule has 190 valence electrons. The maximum Gasteiger partial charge on any atom is 0.331 e. The van der Waals surface area contributed by atoms with Gasteiger partial charge in [-0.25, -0.2) is 4.79 Å². The van der Waals surface area contributed by atoms with Crippen LogP contribution in [-0.2, 0) is 9.63 Å². The fraction of sp³-hybridized carbons (Fsp3) is 0.0968. The molecule has 0 radical (unpaired) electrons. The number of hydrogen-bond donors (Lipinski definition) is 0. The Morgan fingerprint density at radius 3 is 1.76 bits per heavy atom. The summed E-state index contributed by atoms with van der Waals surface area (Å²) < 4.78 is 0. The van der Waals surface area contributed by atoms with E-state index < -0.39 is 5.97 Å². The maximum absolute atomic E-state index is 13.1. The summed E-state index contributed by atoms with van der Waals surface area (Å²) in [6.45, 7) is 1.25. The molecule has 0 amide bonds. The van der Waals surface area contributed by atoms with Gasteiger partial charge in [-0.15, -0.1) is 11.8 Å². The molecule has 0 aliphatic rings. The van der Waals surface area contributed by atoms with E-state index in [1.165, 1.54) is 18.7 Å². The van der Waals surface area contributed by atoms with E-state index >= 15 is 0 Å². The van der Waals surface area contributed by atoms with Crippen LogP contribution in [0, 0.1) is 0 Å². The molecule has 0 fully saturated rings. The molecule has 4 aromatic carbocycles. The van der Waals surface area contributed by atoms with Crippen molar-refractivity contribution in [2.75, 3.05) is 5.75 Å². The molecule has 4 aromatic rings. The zero-order chi connectivity index (χ0) is 26.7. The Kier molecular flexibility index (Phi) is 9.67. The van der Waals surface area contributed by atoms with Crippen molar-refractivity contribution < 1.29 is 19.2 Å². The third-order valence-electron chi connectivity index (χ3n) is 5.40. The standard InChI is InChI=1S/C31H25NO4S2/c1-22(33)36-32-29(20-21-37-26-10-6-3-7-11-26)31(35)25-14-18-28(19-15-25)38-27-16-12-24(13-17-27)30(34)23-8-4-2-5-9-23/h2-19H,20-21H2,1H3. The molecule has 0 unspecified atom stereocenters. The Hall–Kier alpha value is -3.94. The second-order valence-corrected chi connectivity index (χ2v) is 10.5. The van der Waals surface area contributed by atoms with Crippen LogP contribution >= 0.6 is 23.5 Å². The van der Waals surface area contributed by atoms with Crippen LogP contribution in [-0.4, -0.2) is 29.0 Å². The van der Waals surface area contributed by atoms with Gasteiger partial charge in [0.05, 0.1) is 0 Å². The molecule has 0 atom stereocenters. The van der Waals surface area contributed by atoms with E-state index in [-0.39, 0.29) is 17.3 Å². The summed E-state index contributed by atoms with van der Waals surface area (Å²) in [7, 11) is 0. The molecule has 4 rings (SSSR count). The summed E-state index contributed by atoms with van der Waals surface area (Å²) in [4.78, 5) is 44.8. The molecule has 0 saturated carbocycles. The number of Topliss-reactive ketones (excluding diaryl/α,β-unsaturated/α-hetero) is 1. The van der Waals surface area contributed by atoms with Crippen LogP contribution in [0.25, 0.3) is 0 Å². The SMILES string of the molecule is CC(=O)ON=C(CCSc1ccccc1)C(=O)c1ccc(Sc2ccc(C(=O)c3ccccc3)cc2)cc1. The van der Waals surface area contributed by atoms with Gasteiger partial charge >= 0.3 is 5.97 Å². The highest BCUT2D eigenvalue weighted by molar-refractivity contribution is 7.99. The predicted molar refractivity (Wildman–Crippen MR) is 152 cm³/mol. The number of rotatable bonds is 11. The summed E-state index contributed by atoms with van der Waals surface area (Å²) in [5, 5.41) is 3.84. The lowest BCUT2D eigenvalue weighted by molar-refractivity contribution is -0.140. The van der Waals surface area contributed by atoms with E-state index in [9.17, 15) is 14.4 Å². The minimum atomic E-state index is -0.575. The minimum Gasteiger partial charge on any atom is -0.318 e. The fourth-order valence-corrected chi connectivity index (χ4v) is 5.21. The Morgan fingerprint density at radius 1 is 0.658 bits per heavy atom. The highest BCUT2D eigenvalue weighted by Gasteiger charge is 2.16. The normalized spacial score (nSPS) is 11.1. The van der Waals surface area contributed by atoms with Crippen LogP contribution in [0.5, 0.6) is 0 Å². The number of hydrogen-bond acceptors (Lipinski definition) is 7. The number of ketones is 2. The lowest BCUT2D eigenvalue weighted by Gasteiger charge is -2.07. The second-order valence-electron chi connectivity index (χ2n) is 8.21. The van der Waals surface area contributed by atoms with Crippen molar-refractivity contribution >= 4 is 46.8 Å². The first-order chi connectivity index (χ1) is 18.5. The molecule has 0 aromatic heterocycles. The van der Waals surface area contributed by atoms with Crippen molar-refractivity contribution in [2.45, 2.75) is 28.0 Å². The van der Waals surface area contributed by atoms with Crippen molar-refractivity contribution in [1.82, 2.24) is 0 Å². The zero-order valence-electron chi connectivity index (χ0n) is 20.7. The van der Waals surface area contributed by atoms with E-state index in [1.54, 1.807) is 36.0 Å². The zero-order valence-corrected chi connectivity index (χ0v) is 22.3. The van der Waals surface area contributed by atoms with Gasteiger partial charge in [-0.3, -0.25) is 9.59 Å². The molecule has 0 bridgehead atoms. The van der Waals surface area contributed by atoms with Gasteiger partial charge in [0, 0.05) is 50.5 Å². The van der Waals surface area contributed by atoms with Gasteiger partial charge in [-0.2, -0.15) is 0 Å². The van der Waals surface area contributed by atoms with E-state index in [2.05, 4.69) is 5.16 Å². The van der Waals surface area contributed by atoms with Gasteiger partial charge < -0.3 is 4.84 Å². The predicted octanol–water partition coefficient (Wildman–Crippen LogP) is 7.35. The smallest absolute Gasteiger partial charge is 0.318 e. The summed E-state index contributed by atoms with van der Waals surface area (Å²) in [6, 6.07) is 33.7. The largest absolute Gasteiger partial charge is 0.331 e. The molecule has 0 N–H and O–H groups in total. The molecule has 0 aliphatic heterocycles. The monoisotopic (exact) mass is 539 g/mol. The molecule has 38 heavy (non-hydrogen) atoms. The average molecular weight is 540 g/mol. The van der Waals surface area contributed by atoms with E-state index in [0.29, 0.717) is 28.9 Å². The lowest BCUT2D eigenvalue weighted by Crippen LogP contribution is -2.16. The lowest BCUT2D eigenvalue weighted by atomic mass is 10.0. The number of carbonyl (C=O) groups is 3. The Labute approximate surface area is 230 Å². The summed E-state index contributed by atoms with van der Waals surface area (Å²) >= 11 is 3.14. The third kappa shape index (κ3) is 7.78. The summed E-state index contributed by atoms with van der Waals surface area (Å²) in [5.41, 5.74) is 1.95. The summed E-state index contributed by atoms with van der Waals surface area (Å²) in [6.07, 6.45) is 0.357. The maximum atomic E-state index is 13.1. The van der Waals surface area contributed by atoms with Gasteiger partial charge in [0.2, 0.25) is 5.78 Å². The van der Waals surface area contributed by atoms with Gasteiger partial charge in [0.15, 0.2) is 5.78 Å². The fourth-order valence-electron chi connectivity index (χ4n) is 3.51. The van der Waals surface area contributed by atoms with Crippen LogP contribution in [0.4, 0.5) is 0 Å². The first-order valence-electron chi connectivity index (χ1n) is 11.9. The van der Waals surface area contributed by atoms with Gasteiger partial charge in [0.1, 0.15) is 5.71 Å². The van der Waals surface area contributed by atoms with E-state index in [0.717, 1.165) is 14.7 Å². The number of nitrogens with zero attached hydrogens (tertiary/aromatic N) is 1. The first kappa shape index (κ1) is 27.1. The van der Waals surface area contributed by atoms with Crippen LogP contribution < -0.4 is 0 Å². The van der Waals surface area contributed by atoms with Crippen molar-refractivity contribution in [1.29, 1.82) is 0 Å². The number of oxime groups is 1. The van der Waals surface area contributed by atoms with E-state index in [4.69, 9.17) is 4.84 Å². The molecule has 0 heterocycles. The van der Waals surface area contributed by atoms with Crippen molar-refractivity contribution in [3.05, 3.63) is 126 Å². The second kappa shape index (κ2) is 13.6. The van der Waals surface area contributed by atoms with Crippen LogP contribution in [0.2, 0.25) is 0 Å². The minimum absolute atomic E-state index is 0.0154. The number of benzene rings is 4. The average Bonchev–Trinajstić information content (AvgIpc) is 2.96. The van der Waals surface area contributed by atoms with Crippen molar-refractivity contribution in [3.8, 4) is 0 Å². The highest BCUT2D eigenvalue weighted by atomic mass is 32.2. The molecular formula is C31H25NO4S2. The van der Waals surface area contributed by atoms with Crippen molar-refractivity contribution in [3.63, 3.8) is 0 Å². The summed E-state index contributed by atoms with van der Waals surface area (Å²) in [5.74, 6) is -0.250. The molecule has 7 heteroatoms. The Balaban J connectivity index is 1.39. The van der Waals surface area contributed by atoms with Crippen LogP contribution in [0.1, 0.15) is 39.6 Å². The van der Waals surface area contributed by atoms with E-state index in [1.807, 2.05) is 84.9 Å². The first-order valence-corrected chi connectivity index (χ1v) is 13.7.